The van der Waals surface area contributed by atoms with Crippen molar-refractivity contribution in [3.63, 3.8) is 0 Å². The number of methoxy groups -OCH3 is 1. The average molecular weight is 447 g/mol. The van der Waals surface area contributed by atoms with Gasteiger partial charge in [0.05, 0.1) is 19.1 Å². The van der Waals surface area contributed by atoms with E-state index >= 15 is 0 Å². The number of urea groups is 1. The Morgan fingerprint density at radius 1 is 1.06 bits per heavy atom. The van der Waals surface area contributed by atoms with Crippen LogP contribution in [0.3, 0.4) is 0 Å². The number of amides is 2. The minimum Gasteiger partial charge on any atom is -0.491 e. The molecule has 8 nitrogen and oxygen atoms in total. The molecule has 166 valence electrons. The van der Waals surface area contributed by atoms with E-state index in [0.29, 0.717) is 17.7 Å². The summed E-state index contributed by atoms with van der Waals surface area (Å²) in [6, 6.07) is 13.7. The zero-order valence-electron chi connectivity index (χ0n) is 17.4. The Kier molecular flexibility index (Phi) is 7.88. The summed E-state index contributed by atoms with van der Waals surface area (Å²) >= 11 is 0. The van der Waals surface area contributed by atoms with Gasteiger partial charge in [0.2, 0.25) is 0 Å². The molecule has 1 fully saturated rings. The van der Waals surface area contributed by atoms with Gasteiger partial charge in [0, 0.05) is 11.6 Å². The molecule has 1 saturated heterocycles. The smallest absolute Gasteiger partial charge is 0.315 e. The molecule has 0 aliphatic carbocycles. The number of halogens is 1. The van der Waals surface area contributed by atoms with Crippen LogP contribution in [-0.2, 0) is 9.53 Å². The number of likely N-dealkylation sites (tertiary alicyclic amines) is 1. The number of primary amides is 1. The average Bonchev–Trinajstić information content (AvgIpc) is 3.08. The molecule has 2 amide bonds. The number of amidine groups is 1. The molecule has 3 rings (SSSR count). The van der Waals surface area contributed by atoms with Gasteiger partial charge in [0.15, 0.2) is 0 Å². The van der Waals surface area contributed by atoms with Crippen LogP contribution in [0.2, 0.25) is 0 Å². The predicted molar refractivity (Wildman–Crippen MR) is 120 cm³/mol. The standard InChI is InChI=1S/C22H26N4O4.ClH/c1-13-19(21(27)29-2)11-17(26(13)22(25)28)12-30-18-9-7-15(8-10-18)14-3-5-16(6-4-14)20(23)24;/h3-10,13,17,19H,11-12H2,1-2H3,(H3,23,24)(H2,25,28);1H/t13?,17-,19-;/m0./s1. The van der Waals surface area contributed by atoms with E-state index in [0.717, 1.165) is 11.1 Å². The van der Waals surface area contributed by atoms with Gasteiger partial charge in [-0.05, 0) is 36.6 Å². The van der Waals surface area contributed by atoms with Crippen molar-refractivity contribution in [1.29, 1.82) is 5.41 Å². The minimum atomic E-state index is -0.577. The van der Waals surface area contributed by atoms with Crippen molar-refractivity contribution in [2.45, 2.75) is 25.4 Å². The monoisotopic (exact) mass is 446 g/mol. The largest absolute Gasteiger partial charge is 0.491 e. The molecule has 1 aliphatic heterocycles. The number of carbonyl (C=O) groups excluding carboxylic acids is 2. The van der Waals surface area contributed by atoms with Crippen molar-refractivity contribution in [3.8, 4) is 16.9 Å². The summed E-state index contributed by atoms with van der Waals surface area (Å²) in [4.78, 5) is 25.4. The summed E-state index contributed by atoms with van der Waals surface area (Å²) in [7, 11) is 1.34. The fourth-order valence-corrected chi connectivity index (χ4v) is 3.88. The third-order valence-corrected chi connectivity index (χ3v) is 5.52. The Hall–Kier alpha value is -3.26. The number of nitrogens with zero attached hydrogens (tertiary/aromatic N) is 1. The van der Waals surface area contributed by atoms with Crippen LogP contribution >= 0.6 is 12.4 Å². The van der Waals surface area contributed by atoms with E-state index in [1.54, 1.807) is 19.1 Å². The number of esters is 1. The van der Waals surface area contributed by atoms with Gasteiger partial charge in [-0.15, -0.1) is 12.4 Å². The number of benzene rings is 2. The van der Waals surface area contributed by atoms with Gasteiger partial charge < -0.3 is 25.8 Å². The quantitative estimate of drug-likeness (QED) is 0.356. The summed E-state index contributed by atoms with van der Waals surface area (Å²) in [5.41, 5.74) is 13.7. The van der Waals surface area contributed by atoms with Gasteiger partial charge in [0.25, 0.3) is 0 Å². The van der Waals surface area contributed by atoms with Crippen LogP contribution in [-0.4, -0.2) is 48.5 Å². The molecule has 5 N–H and O–H groups in total. The zero-order chi connectivity index (χ0) is 21.8. The summed E-state index contributed by atoms with van der Waals surface area (Å²) < 4.78 is 10.7. The van der Waals surface area contributed by atoms with Crippen molar-refractivity contribution in [3.05, 3.63) is 54.1 Å². The predicted octanol–water partition coefficient (Wildman–Crippen LogP) is 2.77. The number of nitrogens with one attached hydrogen (secondary N) is 1. The highest BCUT2D eigenvalue weighted by Crippen LogP contribution is 2.31. The van der Waals surface area contributed by atoms with Gasteiger partial charge in [-0.3, -0.25) is 10.2 Å². The normalized spacial score (nSPS) is 19.9. The SMILES string of the molecule is COC(=O)[C@H]1C[C@@H](COc2ccc(-c3ccc(C(=N)N)cc3)cc2)N(C(N)=O)C1C.Cl. The lowest BCUT2D eigenvalue weighted by molar-refractivity contribution is -0.145. The molecule has 0 aromatic heterocycles. The molecule has 0 spiro atoms. The highest BCUT2D eigenvalue weighted by molar-refractivity contribution is 5.95. The number of carbonyl (C=O) groups is 2. The molecular formula is C22H27ClN4O4. The molecule has 0 saturated carbocycles. The van der Waals surface area contributed by atoms with Crippen molar-refractivity contribution < 1.29 is 19.1 Å². The van der Waals surface area contributed by atoms with Crippen LogP contribution in [0.15, 0.2) is 48.5 Å². The van der Waals surface area contributed by atoms with Crippen molar-refractivity contribution in [1.82, 2.24) is 4.90 Å². The third-order valence-electron chi connectivity index (χ3n) is 5.52. The number of hydrogen-bond acceptors (Lipinski definition) is 5. The fourth-order valence-electron chi connectivity index (χ4n) is 3.88. The van der Waals surface area contributed by atoms with Gasteiger partial charge in [-0.25, -0.2) is 4.79 Å². The van der Waals surface area contributed by atoms with Gasteiger partial charge in [-0.2, -0.15) is 0 Å². The van der Waals surface area contributed by atoms with E-state index in [1.165, 1.54) is 12.0 Å². The lowest BCUT2D eigenvalue weighted by Gasteiger charge is -2.27. The Labute approximate surface area is 187 Å². The molecule has 9 heteroatoms. The highest BCUT2D eigenvalue weighted by atomic mass is 35.5. The summed E-state index contributed by atoms with van der Waals surface area (Å²) in [6.07, 6.45) is 0.442. The van der Waals surface area contributed by atoms with Gasteiger partial charge in [0.1, 0.15) is 18.2 Å². The lowest BCUT2D eigenvalue weighted by atomic mass is 10.0. The Bertz CT molecular complexity index is 934. The number of rotatable bonds is 6. The van der Waals surface area contributed by atoms with Crippen LogP contribution < -0.4 is 16.2 Å². The van der Waals surface area contributed by atoms with Crippen LogP contribution in [0, 0.1) is 11.3 Å². The first-order valence-electron chi connectivity index (χ1n) is 9.65. The Balaban J connectivity index is 0.00000341. The molecule has 2 aromatic carbocycles. The van der Waals surface area contributed by atoms with Crippen molar-refractivity contribution >= 4 is 30.2 Å². The number of ether oxygens (including phenoxy) is 2. The maximum atomic E-state index is 12.0. The molecule has 1 unspecified atom stereocenters. The lowest BCUT2D eigenvalue weighted by Crippen LogP contribution is -2.46. The first-order chi connectivity index (χ1) is 14.3. The topological polar surface area (TPSA) is 132 Å². The molecule has 1 heterocycles. The first-order valence-corrected chi connectivity index (χ1v) is 9.65. The summed E-state index contributed by atoms with van der Waals surface area (Å²) in [5.74, 6) is -0.0866. The summed E-state index contributed by atoms with van der Waals surface area (Å²) in [5, 5.41) is 7.46. The van der Waals surface area contributed by atoms with E-state index in [4.69, 9.17) is 26.4 Å². The second-order valence-corrected chi connectivity index (χ2v) is 7.33. The van der Waals surface area contributed by atoms with E-state index < -0.39 is 11.9 Å². The molecule has 3 atom stereocenters. The number of nitrogens with two attached hydrogens (primary N) is 2. The number of nitrogen functional groups attached to an aromatic ring is 1. The first kappa shape index (κ1) is 24.0. The maximum Gasteiger partial charge on any atom is 0.315 e. The molecular weight excluding hydrogens is 420 g/mol. The van der Waals surface area contributed by atoms with Gasteiger partial charge in [-0.1, -0.05) is 36.4 Å². The fraction of sp³-hybridized carbons (Fsp3) is 0.318. The molecule has 0 bridgehead atoms. The molecule has 1 aliphatic rings. The van der Waals surface area contributed by atoms with Crippen LogP contribution in [0.5, 0.6) is 5.75 Å². The second-order valence-electron chi connectivity index (χ2n) is 7.33. The van der Waals surface area contributed by atoms with E-state index in [2.05, 4.69) is 0 Å². The molecule has 0 radical (unpaired) electrons. The van der Waals surface area contributed by atoms with Crippen LogP contribution in [0.1, 0.15) is 18.9 Å². The van der Waals surface area contributed by atoms with E-state index in [-0.39, 0.29) is 42.9 Å². The van der Waals surface area contributed by atoms with Crippen LogP contribution in [0.4, 0.5) is 4.79 Å². The zero-order valence-corrected chi connectivity index (χ0v) is 18.2. The van der Waals surface area contributed by atoms with Gasteiger partial charge >= 0.3 is 12.0 Å². The minimum absolute atomic E-state index is 0. The number of hydrogen-bond donors (Lipinski definition) is 3. The van der Waals surface area contributed by atoms with Crippen molar-refractivity contribution in [2.75, 3.05) is 13.7 Å². The second kappa shape index (κ2) is 10.2. The molecule has 31 heavy (non-hydrogen) atoms. The Morgan fingerprint density at radius 3 is 2.10 bits per heavy atom. The third kappa shape index (κ3) is 5.27. The summed E-state index contributed by atoms with van der Waals surface area (Å²) in [6.45, 7) is 2.02. The van der Waals surface area contributed by atoms with E-state index in [1.807, 2.05) is 36.4 Å². The Morgan fingerprint density at radius 2 is 1.61 bits per heavy atom. The van der Waals surface area contributed by atoms with Crippen molar-refractivity contribution in [2.24, 2.45) is 17.4 Å². The maximum absolute atomic E-state index is 12.0. The highest BCUT2D eigenvalue weighted by Gasteiger charge is 2.44. The van der Waals surface area contributed by atoms with E-state index in [9.17, 15) is 9.59 Å². The van der Waals surface area contributed by atoms with Crippen LogP contribution in [0.25, 0.3) is 11.1 Å². The molecule has 2 aromatic rings.